The van der Waals surface area contributed by atoms with E-state index in [4.69, 9.17) is 10.5 Å². The van der Waals surface area contributed by atoms with E-state index >= 15 is 0 Å². The predicted octanol–water partition coefficient (Wildman–Crippen LogP) is 2.29. The quantitative estimate of drug-likeness (QED) is 0.817. The number of ether oxygens (including phenoxy) is 1. The van der Waals surface area contributed by atoms with Crippen LogP contribution < -0.4 is 15.9 Å². The number of rotatable bonds is 2. The van der Waals surface area contributed by atoms with Crippen LogP contribution in [0.1, 0.15) is 32.3 Å². The lowest BCUT2D eigenvalue weighted by Gasteiger charge is -2.35. The summed E-state index contributed by atoms with van der Waals surface area (Å²) >= 11 is 0. The van der Waals surface area contributed by atoms with Gasteiger partial charge >= 0.3 is 6.03 Å². The SMILES string of the molecule is CCC1(C)C/C(=N\NC(N)=O)c2cc(F)c(F)cc2O1. The van der Waals surface area contributed by atoms with Gasteiger partial charge in [0.05, 0.1) is 5.71 Å². The molecule has 1 aliphatic rings. The minimum Gasteiger partial charge on any atom is -0.486 e. The van der Waals surface area contributed by atoms with Crippen molar-refractivity contribution in [2.45, 2.75) is 32.3 Å². The van der Waals surface area contributed by atoms with Gasteiger partial charge in [-0.1, -0.05) is 6.92 Å². The highest BCUT2D eigenvalue weighted by atomic mass is 19.2. The van der Waals surface area contributed by atoms with E-state index in [1.807, 2.05) is 13.8 Å². The van der Waals surface area contributed by atoms with Crippen LogP contribution in [0.4, 0.5) is 13.6 Å². The highest BCUT2D eigenvalue weighted by Crippen LogP contribution is 2.36. The molecule has 0 spiro atoms. The molecule has 5 nitrogen and oxygen atoms in total. The standard InChI is InChI=1S/C13H15F2N3O2/c1-3-13(2)6-10(17-18-12(16)19)7-4-8(14)9(15)5-11(7)20-13/h4-5H,3,6H2,1-2H3,(H3,16,18,19)/b17-10+. The Morgan fingerprint density at radius 3 is 2.75 bits per heavy atom. The van der Waals surface area contributed by atoms with E-state index in [2.05, 4.69) is 10.5 Å². The predicted molar refractivity (Wildman–Crippen MR) is 69.6 cm³/mol. The fraction of sp³-hybridized carbons (Fsp3) is 0.385. The zero-order chi connectivity index (χ0) is 14.9. The maximum absolute atomic E-state index is 13.4. The number of nitrogens with zero attached hydrogens (tertiary/aromatic N) is 1. The molecule has 0 aromatic heterocycles. The third kappa shape index (κ3) is 2.71. The Labute approximate surface area is 114 Å². The zero-order valence-electron chi connectivity index (χ0n) is 11.2. The molecule has 2 amide bonds. The average molecular weight is 283 g/mol. The van der Waals surface area contributed by atoms with E-state index < -0.39 is 23.3 Å². The summed E-state index contributed by atoms with van der Waals surface area (Å²) in [7, 11) is 0. The molecule has 0 radical (unpaired) electrons. The summed E-state index contributed by atoms with van der Waals surface area (Å²) in [5.41, 5.74) is 7.17. The van der Waals surface area contributed by atoms with Crippen molar-refractivity contribution >= 4 is 11.7 Å². The van der Waals surface area contributed by atoms with Crippen molar-refractivity contribution in [3.05, 3.63) is 29.3 Å². The molecule has 20 heavy (non-hydrogen) atoms. The number of amides is 2. The van der Waals surface area contributed by atoms with Crippen LogP contribution >= 0.6 is 0 Å². The molecule has 108 valence electrons. The monoisotopic (exact) mass is 283 g/mol. The first-order valence-electron chi connectivity index (χ1n) is 6.15. The Kier molecular flexibility index (Phi) is 3.61. The van der Waals surface area contributed by atoms with Crippen LogP contribution in [0.3, 0.4) is 0 Å². The number of halogens is 2. The number of carbonyl (C=O) groups is 1. The summed E-state index contributed by atoms with van der Waals surface area (Å²) in [6, 6.07) is 1.16. The highest BCUT2D eigenvalue weighted by molar-refractivity contribution is 6.04. The number of hydrogen-bond acceptors (Lipinski definition) is 3. The van der Waals surface area contributed by atoms with Gasteiger partial charge in [-0.2, -0.15) is 5.10 Å². The first-order chi connectivity index (χ1) is 9.34. The number of benzene rings is 1. The summed E-state index contributed by atoms with van der Waals surface area (Å²) < 4.78 is 32.4. The summed E-state index contributed by atoms with van der Waals surface area (Å²) in [6.45, 7) is 3.74. The van der Waals surface area contributed by atoms with Gasteiger partial charge < -0.3 is 10.5 Å². The average Bonchev–Trinajstić information content (AvgIpc) is 2.38. The van der Waals surface area contributed by atoms with Gasteiger partial charge in [-0.15, -0.1) is 0 Å². The molecule has 1 unspecified atom stereocenters. The van der Waals surface area contributed by atoms with Gasteiger partial charge in [0, 0.05) is 18.1 Å². The number of urea groups is 1. The van der Waals surface area contributed by atoms with Crippen LogP contribution in [0, 0.1) is 11.6 Å². The first kappa shape index (κ1) is 14.2. The topological polar surface area (TPSA) is 76.7 Å². The Bertz CT molecular complexity index is 589. The third-order valence-corrected chi connectivity index (χ3v) is 3.28. The maximum atomic E-state index is 13.4. The molecule has 1 heterocycles. The molecule has 0 fully saturated rings. The van der Waals surface area contributed by atoms with Crippen LogP contribution in [0.2, 0.25) is 0 Å². The molecule has 3 N–H and O–H groups in total. The number of nitrogens with one attached hydrogen (secondary N) is 1. The smallest absolute Gasteiger partial charge is 0.332 e. The van der Waals surface area contributed by atoms with Crippen LogP contribution in [-0.4, -0.2) is 17.3 Å². The molecular weight excluding hydrogens is 268 g/mol. The van der Waals surface area contributed by atoms with Crippen molar-refractivity contribution in [2.24, 2.45) is 10.8 Å². The van der Waals surface area contributed by atoms with Gasteiger partial charge in [0.2, 0.25) is 0 Å². The molecule has 2 rings (SSSR count). The Morgan fingerprint density at radius 2 is 2.15 bits per heavy atom. The van der Waals surface area contributed by atoms with Crippen molar-refractivity contribution in [1.82, 2.24) is 5.43 Å². The first-order valence-corrected chi connectivity index (χ1v) is 6.15. The third-order valence-electron chi connectivity index (χ3n) is 3.28. The molecule has 0 bridgehead atoms. The molecule has 1 aromatic carbocycles. The van der Waals surface area contributed by atoms with Gasteiger partial charge in [-0.25, -0.2) is 19.0 Å². The zero-order valence-corrected chi connectivity index (χ0v) is 11.2. The van der Waals surface area contributed by atoms with E-state index in [0.717, 1.165) is 12.1 Å². The molecule has 1 aromatic rings. The van der Waals surface area contributed by atoms with Crippen LogP contribution in [-0.2, 0) is 0 Å². The largest absolute Gasteiger partial charge is 0.486 e. The fourth-order valence-electron chi connectivity index (χ4n) is 2.01. The number of hydrazone groups is 1. The van der Waals surface area contributed by atoms with E-state index in [0.29, 0.717) is 24.1 Å². The van der Waals surface area contributed by atoms with Crippen molar-refractivity contribution in [1.29, 1.82) is 0 Å². The van der Waals surface area contributed by atoms with E-state index in [1.165, 1.54) is 0 Å². The fourth-order valence-corrected chi connectivity index (χ4v) is 2.01. The molecule has 0 saturated carbocycles. The number of fused-ring (bicyclic) bond motifs is 1. The van der Waals surface area contributed by atoms with E-state index in [9.17, 15) is 13.6 Å². The van der Waals surface area contributed by atoms with Gasteiger partial charge in [0.15, 0.2) is 11.6 Å². The highest BCUT2D eigenvalue weighted by Gasteiger charge is 2.35. The Balaban J connectivity index is 2.50. The minimum atomic E-state index is -1.00. The van der Waals surface area contributed by atoms with E-state index in [1.54, 1.807) is 0 Å². The molecule has 1 aliphatic heterocycles. The Morgan fingerprint density at radius 1 is 1.50 bits per heavy atom. The summed E-state index contributed by atoms with van der Waals surface area (Å²) in [5, 5.41) is 3.86. The lowest BCUT2D eigenvalue weighted by molar-refractivity contribution is 0.0854. The second-order valence-electron chi connectivity index (χ2n) is 4.88. The summed E-state index contributed by atoms with van der Waals surface area (Å²) in [6.07, 6.45) is 0.989. The number of carbonyl (C=O) groups excluding carboxylic acids is 1. The number of hydrogen-bond donors (Lipinski definition) is 2. The van der Waals surface area contributed by atoms with Crippen molar-refractivity contribution in [2.75, 3.05) is 0 Å². The summed E-state index contributed by atoms with van der Waals surface area (Å²) in [5.74, 6) is -1.80. The molecule has 7 heteroatoms. The molecule has 1 atom stereocenters. The van der Waals surface area contributed by atoms with Crippen molar-refractivity contribution in [3.8, 4) is 5.75 Å². The molecular formula is C13H15F2N3O2. The van der Waals surface area contributed by atoms with Crippen molar-refractivity contribution in [3.63, 3.8) is 0 Å². The van der Waals surface area contributed by atoms with Crippen molar-refractivity contribution < 1.29 is 18.3 Å². The van der Waals surface area contributed by atoms with E-state index in [-0.39, 0.29) is 5.75 Å². The summed E-state index contributed by atoms with van der Waals surface area (Å²) in [4.78, 5) is 10.7. The molecule has 0 saturated heterocycles. The lowest BCUT2D eigenvalue weighted by atomic mass is 9.89. The van der Waals surface area contributed by atoms with Crippen LogP contribution in [0.15, 0.2) is 17.2 Å². The van der Waals surface area contributed by atoms with Gasteiger partial charge in [-0.3, -0.25) is 0 Å². The number of nitrogens with two attached hydrogens (primary N) is 1. The lowest BCUT2D eigenvalue weighted by Crippen LogP contribution is -2.40. The minimum absolute atomic E-state index is 0.199. The van der Waals surface area contributed by atoms with Gasteiger partial charge in [-0.05, 0) is 19.4 Å². The molecule has 0 aliphatic carbocycles. The van der Waals surface area contributed by atoms with Crippen LogP contribution in [0.25, 0.3) is 0 Å². The second kappa shape index (κ2) is 5.07. The number of primary amides is 1. The van der Waals surface area contributed by atoms with Gasteiger partial charge in [0.25, 0.3) is 0 Å². The second-order valence-corrected chi connectivity index (χ2v) is 4.88. The van der Waals surface area contributed by atoms with Gasteiger partial charge in [0.1, 0.15) is 11.4 Å². The maximum Gasteiger partial charge on any atom is 0.332 e. The normalized spacial score (nSPS) is 23.1. The Hall–Kier alpha value is -2.18. The van der Waals surface area contributed by atoms with Crippen LogP contribution in [0.5, 0.6) is 5.75 Å².